The van der Waals surface area contributed by atoms with Crippen LogP contribution in [0.3, 0.4) is 0 Å². The molecule has 1 saturated heterocycles. The monoisotopic (exact) mass is 174 g/mol. The Balaban J connectivity index is 1.98. The molecule has 1 aliphatic heterocycles. The molecule has 0 aliphatic carbocycles. The molecule has 1 aliphatic rings. The van der Waals surface area contributed by atoms with Gasteiger partial charge in [-0.2, -0.15) is 0 Å². The van der Waals surface area contributed by atoms with Gasteiger partial charge in [0.15, 0.2) is 0 Å². The maximum absolute atomic E-state index is 5.45. The molecule has 0 bridgehead atoms. The highest BCUT2D eigenvalue weighted by molar-refractivity contribution is 5.38. The molecule has 1 fully saturated rings. The molecule has 2 heteroatoms. The molecule has 1 atom stereocenters. The minimum absolute atomic E-state index is 0.287. The Bertz CT molecular complexity index is 334. The standard InChI is InChI=1S/C11H10O2/c1-2-9-4-3-5-10(6-9)12-7-11-8-13-11/h1,3-6,11H,7-8H2. The van der Waals surface area contributed by atoms with Gasteiger partial charge in [-0.05, 0) is 18.2 Å². The van der Waals surface area contributed by atoms with Crippen molar-refractivity contribution in [3.8, 4) is 18.1 Å². The van der Waals surface area contributed by atoms with Crippen molar-refractivity contribution in [2.24, 2.45) is 0 Å². The third-order valence-corrected chi connectivity index (χ3v) is 1.84. The number of terminal acetylenes is 1. The predicted octanol–water partition coefficient (Wildman–Crippen LogP) is 1.45. The van der Waals surface area contributed by atoms with Crippen LogP contribution in [0.5, 0.6) is 5.75 Å². The van der Waals surface area contributed by atoms with E-state index in [1.807, 2.05) is 24.3 Å². The second kappa shape index (κ2) is 3.51. The van der Waals surface area contributed by atoms with Crippen LogP contribution in [0.4, 0.5) is 0 Å². The Labute approximate surface area is 77.5 Å². The lowest BCUT2D eigenvalue weighted by Crippen LogP contribution is -2.03. The van der Waals surface area contributed by atoms with E-state index in [1.54, 1.807) is 0 Å². The molecule has 1 heterocycles. The lowest BCUT2D eigenvalue weighted by Gasteiger charge is -2.03. The fourth-order valence-electron chi connectivity index (χ4n) is 1.03. The van der Waals surface area contributed by atoms with Gasteiger partial charge in [0.05, 0.1) is 6.61 Å². The summed E-state index contributed by atoms with van der Waals surface area (Å²) >= 11 is 0. The summed E-state index contributed by atoms with van der Waals surface area (Å²) in [5, 5.41) is 0. The second-order valence-electron chi connectivity index (χ2n) is 2.94. The summed E-state index contributed by atoms with van der Waals surface area (Å²) in [6, 6.07) is 7.50. The van der Waals surface area contributed by atoms with Gasteiger partial charge in [0.2, 0.25) is 0 Å². The Morgan fingerprint density at radius 1 is 1.62 bits per heavy atom. The molecular formula is C11H10O2. The average Bonchev–Trinajstić information content (AvgIpc) is 2.99. The first kappa shape index (κ1) is 8.15. The lowest BCUT2D eigenvalue weighted by molar-refractivity contribution is 0.263. The number of hydrogen-bond acceptors (Lipinski definition) is 2. The molecule has 0 amide bonds. The minimum atomic E-state index is 0.287. The van der Waals surface area contributed by atoms with Crippen LogP contribution in [0, 0.1) is 12.3 Å². The topological polar surface area (TPSA) is 21.8 Å². The number of hydrogen-bond donors (Lipinski definition) is 0. The van der Waals surface area contributed by atoms with Crippen molar-refractivity contribution in [2.75, 3.05) is 13.2 Å². The SMILES string of the molecule is C#Cc1cccc(OCC2CO2)c1. The third-order valence-electron chi connectivity index (χ3n) is 1.84. The van der Waals surface area contributed by atoms with Gasteiger partial charge in [0.1, 0.15) is 18.5 Å². The van der Waals surface area contributed by atoms with E-state index < -0.39 is 0 Å². The van der Waals surface area contributed by atoms with Gasteiger partial charge in [-0.15, -0.1) is 6.42 Å². The minimum Gasteiger partial charge on any atom is -0.491 e. The number of benzene rings is 1. The first-order chi connectivity index (χ1) is 6.38. The van der Waals surface area contributed by atoms with Crippen molar-refractivity contribution >= 4 is 0 Å². The van der Waals surface area contributed by atoms with Crippen molar-refractivity contribution in [3.63, 3.8) is 0 Å². The van der Waals surface area contributed by atoms with Crippen LogP contribution in [0.15, 0.2) is 24.3 Å². The fourth-order valence-corrected chi connectivity index (χ4v) is 1.03. The van der Waals surface area contributed by atoms with Crippen molar-refractivity contribution in [2.45, 2.75) is 6.10 Å². The Morgan fingerprint density at radius 3 is 3.15 bits per heavy atom. The van der Waals surface area contributed by atoms with Crippen LogP contribution >= 0.6 is 0 Å². The molecule has 0 radical (unpaired) electrons. The molecule has 0 aromatic heterocycles. The summed E-state index contributed by atoms with van der Waals surface area (Å²) in [5.41, 5.74) is 0.842. The normalized spacial score (nSPS) is 19.2. The van der Waals surface area contributed by atoms with Crippen LogP contribution in [-0.2, 0) is 4.74 Å². The average molecular weight is 174 g/mol. The van der Waals surface area contributed by atoms with Gasteiger partial charge in [0, 0.05) is 5.56 Å². The van der Waals surface area contributed by atoms with Crippen molar-refractivity contribution in [1.82, 2.24) is 0 Å². The van der Waals surface area contributed by atoms with E-state index >= 15 is 0 Å². The molecule has 0 N–H and O–H groups in total. The predicted molar refractivity (Wildman–Crippen MR) is 49.6 cm³/mol. The molecule has 1 aromatic rings. The zero-order chi connectivity index (χ0) is 9.10. The van der Waals surface area contributed by atoms with Gasteiger partial charge in [-0.25, -0.2) is 0 Å². The van der Waals surface area contributed by atoms with E-state index in [4.69, 9.17) is 15.9 Å². The molecule has 13 heavy (non-hydrogen) atoms. The van der Waals surface area contributed by atoms with Crippen molar-refractivity contribution < 1.29 is 9.47 Å². The first-order valence-corrected chi connectivity index (χ1v) is 4.19. The maximum Gasteiger partial charge on any atom is 0.120 e. The molecule has 0 spiro atoms. The molecule has 66 valence electrons. The smallest absolute Gasteiger partial charge is 0.120 e. The first-order valence-electron chi connectivity index (χ1n) is 4.19. The highest BCUT2D eigenvalue weighted by Crippen LogP contribution is 2.15. The molecule has 1 unspecified atom stereocenters. The number of rotatable bonds is 3. The van der Waals surface area contributed by atoms with E-state index in [-0.39, 0.29) is 6.10 Å². The summed E-state index contributed by atoms with van der Waals surface area (Å²) in [4.78, 5) is 0. The summed E-state index contributed by atoms with van der Waals surface area (Å²) in [6.45, 7) is 1.43. The summed E-state index contributed by atoms with van der Waals surface area (Å²) in [5.74, 6) is 3.37. The maximum atomic E-state index is 5.45. The largest absolute Gasteiger partial charge is 0.491 e. The van der Waals surface area contributed by atoms with Gasteiger partial charge >= 0.3 is 0 Å². The van der Waals surface area contributed by atoms with Gasteiger partial charge in [-0.3, -0.25) is 0 Å². The molecular weight excluding hydrogens is 164 g/mol. The van der Waals surface area contributed by atoms with Crippen molar-refractivity contribution in [1.29, 1.82) is 0 Å². The molecule has 1 aromatic carbocycles. The van der Waals surface area contributed by atoms with Gasteiger partial charge in [-0.1, -0.05) is 12.0 Å². The van der Waals surface area contributed by atoms with Gasteiger partial charge in [0.25, 0.3) is 0 Å². The van der Waals surface area contributed by atoms with Crippen LogP contribution in [0.1, 0.15) is 5.56 Å². The zero-order valence-corrected chi connectivity index (χ0v) is 7.19. The van der Waals surface area contributed by atoms with Crippen molar-refractivity contribution in [3.05, 3.63) is 29.8 Å². The zero-order valence-electron chi connectivity index (χ0n) is 7.19. The number of epoxide rings is 1. The highest BCUT2D eigenvalue weighted by Gasteiger charge is 2.22. The Hall–Kier alpha value is -1.46. The van der Waals surface area contributed by atoms with E-state index in [2.05, 4.69) is 5.92 Å². The molecule has 2 rings (SSSR count). The van der Waals surface area contributed by atoms with E-state index in [0.29, 0.717) is 6.61 Å². The second-order valence-corrected chi connectivity index (χ2v) is 2.94. The van der Waals surface area contributed by atoms with Gasteiger partial charge < -0.3 is 9.47 Å². The fraction of sp³-hybridized carbons (Fsp3) is 0.273. The summed E-state index contributed by atoms with van der Waals surface area (Å²) in [6.07, 6.45) is 5.54. The Morgan fingerprint density at radius 2 is 2.46 bits per heavy atom. The summed E-state index contributed by atoms with van der Waals surface area (Å²) < 4.78 is 10.5. The van der Waals surface area contributed by atoms with Crippen LogP contribution < -0.4 is 4.74 Å². The molecule has 2 nitrogen and oxygen atoms in total. The van der Waals surface area contributed by atoms with E-state index in [9.17, 15) is 0 Å². The quantitative estimate of drug-likeness (QED) is 0.511. The van der Waals surface area contributed by atoms with E-state index in [0.717, 1.165) is 17.9 Å². The highest BCUT2D eigenvalue weighted by atomic mass is 16.6. The molecule has 0 saturated carbocycles. The van der Waals surface area contributed by atoms with Crippen LogP contribution in [-0.4, -0.2) is 19.3 Å². The Kier molecular flexibility index (Phi) is 2.20. The summed E-state index contributed by atoms with van der Waals surface area (Å²) in [7, 11) is 0. The van der Waals surface area contributed by atoms with Crippen LogP contribution in [0.25, 0.3) is 0 Å². The van der Waals surface area contributed by atoms with Crippen LogP contribution in [0.2, 0.25) is 0 Å². The lowest BCUT2D eigenvalue weighted by atomic mass is 10.2. The number of ether oxygens (including phenoxy) is 2. The van der Waals surface area contributed by atoms with E-state index in [1.165, 1.54) is 0 Å². The third kappa shape index (κ3) is 2.24.